The zero-order chi connectivity index (χ0) is 20.9. The van der Waals surface area contributed by atoms with Crippen LogP contribution in [0.1, 0.15) is 15.3 Å². The zero-order valence-corrected chi connectivity index (χ0v) is 16.0. The molecular weight excluding hydrogens is 397 g/mol. The molecule has 2 N–H and O–H groups in total. The summed E-state index contributed by atoms with van der Waals surface area (Å²) in [5.41, 5.74) is -0.656. The molecule has 0 aliphatic heterocycles. The van der Waals surface area contributed by atoms with Crippen molar-refractivity contribution in [1.82, 2.24) is 0 Å². The Kier molecular flexibility index (Phi) is 6.68. The van der Waals surface area contributed by atoms with E-state index in [0.29, 0.717) is 10.6 Å². The number of nitrogens with one attached hydrogen (secondary N) is 2. The maximum Gasteiger partial charge on any atom is 0.416 e. The molecule has 0 radical (unpaired) electrons. The summed E-state index contributed by atoms with van der Waals surface area (Å²) in [6.45, 7) is 1.80. The molecule has 2 amide bonds. The first-order valence-corrected chi connectivity index (χ1v) is 8.65. The predicted octanol–water partition coefficient (Wildman–Crippen LogP) is 4.91. The van der Waals surface area contributed by atoms with E-state index in [1.165, 1.54) is 37.7 Å². The Hall–Kier alpha value is -3.01. The minimum atomic E-state index is -4.56. The van der Waals surface area contributed by atoms with Crippen molar-refractivity contribution in [1.29, 1.82) is 0 Å². The molecule has 0 saturated carbocycles. The van der Waals surface area contributed by atoms with Crippen molar-refractivity contribution < 1.29 is 32.2 Å². The first kappa shape index (κ1) is 21.3. The Morgan fingerprint density at radius 2 is 1.79 bits per heavy atom. The highest BCUT2D eigenvalue weighted by molar-refractivity contribution is 7.13. The number of halogens is 3. The smallest absolute Gasteiger partial charge is 0.416 e. The summed E-state index contributed by atoms with van der Waals surface area (Å²) in [5, 5.41) is 4.90. The van der Waals surface area contributed by atoms with Crippen LogP contribution in [0.2, 0.25) is 0 Å². The highest BCUT2D eigenvalue weighted by atomic mass is 32.1. The van der Waals surface area contributed by atoms with Crippen LogP contribution >= 0.6 is 11.3 Å². The lowest BCUT2D eigenvalue weighted by Gasteiger charge is -2.14. The summed E-state index contributed by atoms with van der Waals surface area (Å²) in [6, 6.07) is 3.68. The first-order chi connectivity index (χ1) is 13.1. The number of methoxy groups -OCH3 is 2. The normalized spacial score (nSPS) is 11.4. The van der Waals surface area contributed by atoms with Crippen LogP contribution in [0.5, 0.6) is 5.75 Å². The van der Waals surface area contributed by atoms with E-state index >= 15 is 0 Å². The van der Waals surface area contributed by atoms with Gasteiger partial charge in [0.15, 0.2) is 0 Å². The minimum Gasteiger partial charge on any atom is -0.495 e. The van der Waals surface area contributed by atoms with Crippen LogP contribution in [0.3, 0.4) is 0 Å². The van der Waals surface area contributed by atoms with Crippen LogP contribution in [0.4, 0.5) is 29.3 Å². The molecule has 0 unspecified atom stereocenters. The van der Waals surface area contributed by atoms with Crippen LogP contribution in [0.25, 0.3) is 6.08 Å². The van der Waals surface area contributed by atoms with Crippen LogP contribution in [-0.2, 0) is 15.7 Å². The molecule has 1 aromatic heterocycles. The highest BCUT2D eigenvalue weighted by Gasteiger charge is 2.31. The number of esters is 1. The molecule has 0 spiro atoms. The number of amides is 2. The number of benzene rings is 1. The second-order valence-electron chi connectivity index (χ2n) is 5.48. The second-order valence-corrected chi connectivity index (χ2v) is 6.77. The maximum atomic E-state index is 12.9. The molecule has 28 heavy (non-hydrogen) atoms. The SMILES string of the molecule is COC(=O)/C=C\c1sc(C)cc1NC(=O)Nc1cc(C(F)(F)F)ccc1OC. The number of carbonyl (C=O) groups excluding carboxylic acids is 2. The van der Waals surface area contributed by atoms with Crippen molar-refractivity contribution in [3.8, 4) is 5.75 Å². The fraction of sp³-hybridized carbons (Fsp3) is 0.222. The van der Waals surface area contributed by atoms with E-state index < -0.39 is 23.7 Å². The van der Waals surface area contributed by atoms with Crippen molar-refractivity contribution >= 4 is 40.8 Å². The van der Waals surface area contributed by atoms with Gasteiger partial charge in [0.2, 0.25) is 0 Å². The molecule has 10 heteroatoms. The Morgan fingerprint density at radius 1 is 1.11 bits per heavy atom. The maximum absolute atomic E-state index is 12.9. The zero-order valence-electron chi connectivity index (χ0n) is 15.1. The largest absolute Gasteiger partial charge is 0.495 e. The number of urea groups is 1. The average Bonchev–Trinajstić information content (AvgIpc) is 2.97. The summed E-state index contributed by atoms with van der Waals surface area (Å²) in [7, 11) is 2.52. The highest BCUT2D eigenvalue weighted by Crippen LogP contribution is 2.35. The number of alkyl halides is 3. The summed E-state index contributed by atoms with van der Waals surface area (Å²) in [6.07, 6.45) is -1.89. The number of ether oxygens (including phenoxy) is 2. The molecule has 0 aliphatic rings. The van der Waals surface area contributed by atoms with Crippen molar-refractivity contribution in [3.05, 3.63) is 45.7 Å². The fourth-order valence-corrected chi connectivity index (χ4v) is 3.10. The molecule has 1 aromatic carbocycles. The summed E-state index contributed by atoms with van der Waals surface area (Å²) < 4.78 is 48.2. The molecule has 1 heterocycles. The number of hydrogen-bond acceptors (Lipinski definition) is 5. The van der Waals surface area contributed by atoms with Gasteiger partial charge in [-0.1, -0.05) is 0 Å². The first-order valence-electron chi connectivity index (χ1n) is 7.83. The van der Waals surface area contributed by atoms with Gasteiger partial charge in [-0.15, -0.1) is 11.3 Å². The van der Waals surface area contributed by atoms with Crippen molar-refractivity contribution in [3.63, 3.8) is 0 Å². The van der Waals surface area contributed by atoms with Gasteiger partial charge in [-0.05, 0) is 37.3 Å². The van der Waals surface area contributed by atoms with Crippen molar-refractivity contribution in [2.24, 2.45) is 0 Å². The number of carbonyl (C=O) groups is 2. The van der Waals surface area contributed by atoms with Crippen molar-refractivity contribution in [2.45, 2.75) is 13.1 Å². The molecular formula is C18H17F3N2O4S. The van der Waals surface area contributed by atoms with E-state index in [1.54, 1.807) is 13.0 Å². The lowest BCUT2D eigenvalue weighted by atomic mass is 10.2. The third-order valence-corrected chi connectivity index (χ3v) is 4.49. The lowest BCUT2D eigenvalue weighted by Crippen LogP contribution is -2.20. The third kappa shape index (κ3) is 5.49. The van der Waals surface area contributed by atoms with Crippen LogP contribution < -0.4 is 15.4 Å². The number of anilines is 2. The van der Waals surface area contributed by atoms with Crippen LogP contribution in [-0.4, -0.2) is 26.2 Å². The lowest BCUT2D eigenvalue weighted by molar-refractivity contribution is -0.137. The fourth-order valence-electron chi connectivity index (χ4n) is 2.22. The molecule has 6 nitrogen and oxygen atoms in total. The third-order valence-electron chi connectivity index (χ3n) is 3.48. The Morgan fingerprint density at radius 3 is 2.39 bits per heavy atom. The van der Waals surface area contributed by atoms with E-state index in [-0.39, 0.29) is 11.4 Å². The van der Waals surface area contributed by atoms with E-state index in [0.717, 1.165) is 23.1 Å². The Bertz CT molecular complexity index is 907. The Balaban J connectivity index is 2.21. The summed E-state index contributed by atoms with van der Waals surface area (Å²) >= 11 is 1.32. The van der Waals surface area contributed by atoms with Crippen LogP contribution in [0.15, 0.2) is 30.3 Å². The van der Waals surface area contributed by atoms with Gasteiger partial charge in [-0.25, -0.2) is 9.59 Å². The predicted molar refractivity (Wildman–Crippen MR) is 101 cm³/mol. The van der Waals surface area contributed by atoms with Crippen LogP contribution in [0, 0.1) is 6.92 Å². The molecule has 2 rings (SSSR count). The van der Waals surface area contributed by atoms with Crippen molar-refractivity contribution in [2.75, 3.05) is 24.9 Å². The molecule has 150 valence electrons. The van der Waals surface area contributed by atoms with E-state index in [2.05, 4.69) is 15.4 Å². The summed E-state index contributed by atoms with van der Waals surface area (Å²) in [5.74, 6) is -0.481. The molecule has 0 bridgehead atoms. The monoisotopic (exact) mass is 414 g/mol. The van der Waals surface area contributed by atoms with Gasteiger partial charge < -0.3 is 20.1 Å². The van der Waals surface area contributed by atoms with Gasteiger partial charge in [0.25, 0.3) is 0 Å². The molecule has 0 aliphatic carbocycles. The van der Waals surface area contributed by atoms with E-state index in [4.69, 9.17) is 4.74 Å². The van der Waals surface area contributed by atoms with Gasteiger partial charge in [0.05, 0.1) is 36.0 Å². The van der Waals surface area contributed by atoms with Gasteiger partial charge in [-0.2, -0.15) is 13.2 Å². The quantitative estimate of drug-likeness (QED) is 0.538. The standard InChI is InChI=1S/C18H17F3N2O4S/c1-10-8-13(15(28-10)6-7-16(24)27-3)23-17(25)22-12-9-11(18(19,20)21)4-5-14(12)26-2/h4-9H,1-3H3,(H2,22,23,25)/b7-6-. The molecule has 0 saturated heterocycles. The van der Waals surface area contributed by atoms with Gasteiger partial charge in [0, 0.05) is 11.0 Å². The van der Waals surface area contributed by atoms with E-state index in [1.807, 2.05) is 0 Å². The van der Waals surface area contributed by atoms with Gasteiger partial charge >= 0.3 is 18.2 Å². The second kappa shape index (κ2) is 8.79. The van der Waals surface area contributed by atoms with E-state index in [9.17, 15) is 22.8 Å². The molecule has 0 atom stereocenters. The topological polar surface area (TPSA) is 76.7 Å². The number of aryl methyl sites for hydroxylation is 1. The van der Waals surface area contributed by atoms with Gasteiger partial charge in [0.1, 0.15) is 5.75 Å². The number of rotatable bonds is 5. The molecule has 0 fully saturated rings. The number of thiophene rings is 1. The molecule has 2 aromatic rings. The average molecular weight is 414 g/mol. The minimum absolute atomic E-state index is 0.0791. The van der Waals surface area contributed by atoms with Gasteiger partial charge in [-0.3, -0.25) is 0 Å². The number of hydrogen-bond donors (Lipinski definition) is 2. The summed E-state index contributed by atoms with van der Waals surface area (Å²) in [4.78, 5) is 25.0. The Labute approximate surface area is 163 Å².